The van der Waals surface area contributed by atoms with Crippen LogP contribution in [0.15, 0.2) is 47.9 Å². The van der Waals surface area contributed by atoms with Crippen LogP contribution in [0.3, 0.4) is 0 Å². The average molecular weight is 281 g/mol. The lowest BCUT2D eigenvalue weighted by molar-refractivity contribution is -0.139. The summed E-state index contributed by atoms with van der Waals surface area (Å²) in [6.45, 7) is 0. The van der Waals surface area contributed by atoms with Gasteiger partial charge in [-0.2, -0.15) is 4.72 Å². The van der Waals surface area contributed by atoms with Crippen molar-refractivity contribution < 1.29 is 18.3 Å². The molecule has 0 amide bonds. The highest BCUT2D eigenvalue weighted by Crippen LogP contribution is 2.16. The van der Waals surface area contributed by atoms with E-state index in [0.29, 0.717) is 5.56 Å². The van der Waals surface area contributed by atoms with E-state index < -0.39 is 22.0 Å². The molecule has 100 valence electrons. The summed E-state index contributed by atoms with van der Waals surface area (Å²) < 4.78 is 26.0. The number of aromatic amines is 1. The molecule has 0 spiro atoms. The number of rotatable bonds is 5. The largest absolute Gasteiger partial charge is 0.480 e. The molecule has 1 aromatic carbocycles. The lowest BCUT2D eigenvalue weighted by Gasteiger charge is -2.14. The molecule has 8 heteroatoms. The Morgan fingerprint density at radius 1 is 1.32 bits per heavy atom. The fourth-order valence-electron chi connectivity index (χ4n) is 1.52. The minimum absolute atomic E-state index is 0.185. The molecule has 0 bridgehead atoms. The van der Waals surface area contributed by atoms with Gasteiger partial charge in [0.2, 0.25) is 0 Å². The Bertz CT molecular complexity index is 653. The number of imidazole rings is 1. The van der Waals surface area contributed by atoms with Gasteiger partial charge in [0, 0.05) is 0 Å². The minimum Gasteiger partial charge on any atom is -0.480 e. The molecule has 1 heterocycles. The average Bonchev–Trinajstić information content (AvgIpc) is 2.91. The monoisotopic (exact) mass is 281 g/mol. The predicted octanol–water partition coefficient (Wildman–Crippen LogP) is 0.514. The molecule has 3 N–H and O–H groups in total. The number of nitrogens with one attached hydrogen (secondary N) is 2. The van der Waals surface area contributed by atoms with Crippen LogP contribution in [0.4, 0.5) is 0 Å². The van der Waals surface area contributed by atoms with Gasteiger partial charge in [0.05, 0.1) is 12.5 Å². The van der Waals surface area contributed by atoms with E-state index in [2.05, 4.69) is 14.7 Å². The summed E-state index contributed by atoms with van der Waals surface area (Å²) in [7, 11) is -3.96. The molecule has 0 saturated heterocycles. The summed E-state index contributed by atoms with van der Waals surface area (Å²) in [6.07, 6.45) is 2.30. The van der Waals surface area contributed by atoms with Gasteiger partial charge in [-0.3, -0.25) is 4.79 Å². The third-order valence-electron chi connectivity index (χ3n) is 2.42. The zero-order chi connectivity index (χ0) is 13.9. The van der Waals surface area contributed by atoms with Crippen LogP contribution in [0.1, 0.15) is 11.6 Å². The van der Waals surface area contributed by atoms with Crippen LogP contribution in [0.25, 0.3) is 0 Å². The Balaban J connectivity index is 2.31. The lowest BCUT2D eigenvalue weighted by atomic mass is 10.1. The highest BCUT2D eigenvalue weighted by Gasteiger charge is 2.27. The van der Waals surface area contributed by atoms with Crippen LogP contribution >= 0.6 is 0 Å². The van der Waals surface area contributed by atoms with Crippen molar-refractivity contribution in [2.24, 2.45) is 0 Å². The molecule has 0 aliphatic rings. The second-order valence-corrected chi connectivity index (χ2v) is 5.40. The maximum atomic E-state index is 11.9. The fraction of sp³-hybridized carbons (Fsp3) is 0.0909. The van der Waals surface area contributed by atoms with Crippen molar-refractivity contribution in [1.82, 2.24) is 14.7 Å². The zero-order valence-corrected chi connectivity index (χ0v) is 10.5. The number of nitrogens with zero attached hydrogens (tertiary/aromatic N) is 1. The number of hydrogen-bond acceptors (Lipinski definition) is 4. The first kappa shape index (κ1) is 13.2. The second kappa shape index (κ2) is 5.21. The highest BCUT2D eigenvalue weighted by molar-refractivity contribution is 7.89. The van der Waals surface area contributed by atoms with Gasteiger partial charge in [0.25, 0.3) is 10.0 Å². The Kier molecular flexibility index (Phi) is 3.63. The van der Waals surface area contributed by atoms with Gasteiger partial charge in [0.1, 0.15) is 6.04 Å². The van der Waals surface area contributed by atoms with E-state index in [4.69, 9.17) is 5.11 Å². The van der Waals surface area contributed by atoms with E-state index in [1.807, 2.05) is 0 Å². The number of sulfonamides is 1. The molecule has 1 unspecified atom stereocenters. The van der Waals surface area contributed by atoms with Gasteiger partial charge in [-0.25, -0.2) is 13.4 Å². The molecule has 1 aromatic heterocycles. The molecule has 0 radical (unpaired) electrons. The first-order valence-corrected chi connectivity index (χ1v) is 6.77. The molecule has 2 rings (SSSR count). The first-order chi connectivity index (χ1) is 9.00. The molecule has 0 aliphatic carbocycles. The maximum absolute atomic E-state index is 11.9. The van der Waals surface area contributed by atoms with Crippen molar-refractivity contribution >= 4 is 16.0 Å². The van der Waals surface area contributed by atoms with Crippen LogP contribution in [0.2, 0.25) is 0 Å². The number of aliphatic carboxylic acids is 1. The van der Waals surface area contributed by atoms with Crippen LogP contribution in [-0.4, -0.2) is 29.5 Å². The highest BCUT2D eigenvalue weighted by atomic mass is 32.2. The summed E-state index contributed by atoms with van der Waals surface area (Å²) >= 11 is 0. The third kappa shape index (κ3) is 2.98. The van der Waals surface area contributed by atoms with E-state index in [1.54, 1.807) is 18.2 Å². The number of carboxylic acid groups (broad SMARTS) is 1. The molecular weight excluding hydrogens is 270 g/mol. The Hall–Kier alpha value is -2.19. The van der Waals surface area contributed by atoms with Gasteiger partial charge in [0.15, 0.2) is 5.03 Å². The van der Waals surface area contributed by atoms with E-state index >= 15 is 0 Å². The number of carbonyl (C=O) groups is 1. The summed E-state index contributed by atoms with van der Waals surface area (Å²) in [4.78, 5) is 17.2. The Labute approximate surface area is 109 Å². The molecule has 7 nitrogen and oxygen atoms in total. The zero-order valence-electron chi connectivity index (χ0n) is 9.65. The molecular formula is C11H11N3O4S. The predicted molar refractivity (Wildman–Crippen MR) is 65.7 cm³/mol. The van der Waals surface area contributed by atoms with Gasteiger partial charge in [-0.1, -0.05) is 30.3 Å². The summed E-state index contributed by atoms with van der Waals surface area (Å²) in [5.74, 6) is -1.28. The molecule has 0 saturated carbocycles. The topological polar surface area (TPSA) is 112 Å². The maximum Gasteiger partial charge on any atom is 0.326 e. The van der Waals surface area contributed by atoms with E-state index in [0.717, 1.165) is 6.20 Å². The summed E-state index contributed by atoms with van der Waals surface area (Å²) in [6, 6.07) is 6.70. The molecule has 0 fully saturated rings. The number of aromatic nitrogens is 2. The lowest BCUT2D eigenvalue weighted by Crippen LogP contribution is -2.33. The Morgan fingerprint density at radius 2 is 2.00 bits per heavy atom. The van der Waals surface area contributed by atoms with Crippen molar-refractivity contribution in [3.05, 3.63) is 48.4 Å². The van der Waals surface area contributed by atoms with Gasteiger partial charge in [-0.05, 0) is 5.56 Å². The molecule has 2 aromatic rings. The van der Waals surface area contributed by atoms with Gasteiger partial charge in [-0.15, -0.1) is 0 Å². The summed E-state index contributed by atoms with van der Waals surface area (Å²) in [5, 5.41) is 8.95. The van der Waals surface area contributed by atoms with Crippen LogP contribution < -0.4 is 4.72 Å². The van der Waals surface area contributed by atoms with Crippen molar-refractivity contribution in [2.45, 2.75) is 11.1 Å². The SMILES string of the molecule is O=C(O)C(NS(=O)(=O)c1cnc[nH]1)c1ccccc1. The van der Waals surface area contributed by atoms with Crippen molar-refractivity contribution in [3.8, 4) is 0 Å². The van der Waals surface area contributed by atoms with Crippen molar-refractivity contribution in [3.63, 3.8) is 0 Å². The first-order valence-electron chi connectivity index (χ1n) is 5.29. The molecule has 19 heavy (non-hydrogen) atoms. The van der Waals surface area contributed by atoms with Crippen LogP contribution in [0.5, 0.6) is 0 Å². The molecule has 0 aliphatic heterocycles. The molecule has 1 atom stereocenters. The third-order valence-corrected chi connectivity index (χ3v) is 3.76. The fourth-order valence-corrected chi connectivity index (χ4v) is 2.60. The van der Waals surface area contributed by atoms with Crippen LogP contribution in [-0.2, 0) is 14.8 Å². The second-order valence-electron chi connectivity index (χ2n) is 3.72. The minimum atomic E-state index is -3.96. The van der Waals surface area contributed by atoms with E-state index in [1.165, 1.54) is 18.5 Å². The summed E-state index contributed by atoms with van der Waals surface area (Å²) in [5.41, 5.74) is 0.345. The van der Waals surface area contributed by atoms with E-state index in [-0.39, 0.29) is 5.03 Å². The number of hydrogen-bond donors (Lipinski definition) is 3. The van der Waals surface area contributed by atoms with Crippen molar-refractivity contribution in [2.75, 3.05) is 0 Å². The van der Waals surface area contributed by atoms with Crippen LogP contribution in [0, 0.1) is 0 Å². The normalized spacial score (nSPS) is 13.1. The smallest absolute Gasteiger partial charge is 0.326 e. The van der Waals surface area contributed by atoms with Gasteiger partial charge < -0.3 is 10.1 Å². The van der Waals surface area contributed by atoms with E-state index in [9.17, 15) is 13.2 Å². The quantitative estimate of drug-likeness (QED) is 0.739. The Morgan fingerprint density at radius 3 is 2.53 bits per heavy atom. The standard InChI is InChI=1S/C11H11N3O4S/c15-11(16)10(8-4-2-1-3-5-8)14-19(17,18)9-6-12-7-13-9/h1-7,10,14H,(H,12,13)(H,15,16). The number of benzene rings is 1. The number of carboxylic acids is 1. The number of H-pyrrole nitrogens is 1. The van der Waals surface area contributed by atoms with Crippen molar-refractivity contribution in [1.29, 1.82) is 0 Å². The van der Waals surface area contributed by atoms with Gasteiger partial charge >= 0.3 is 5.97 Å².